The lowest BCUT2D eigenvalue weighted by Crippen LogP contribution is -2.17. The SMILES string of the molecule is CC(C)c1cc(C(C)C)c(S(=O)(=O)OCCC(OCCO)c2ccccc2)c(C(C)C)c1. The molecule has 2 aromatic carbocycles. The predicted octanol–water partition coefficient (Wildman–Crippen LogP) is 5.90. The third-order valence-electron chi connectivity index (χ3n) is 5.53. The average Bonchev–Trinajstić information content (AvgIpc) is 2.75. The normalized spacial score (nSPS) is 13.3. The molecule has 0 amide bonds. The molecule has 0 aromatic heterocycles. The van der Waals surface area contributed by atoms with Crippen LogP contribution in [-0.2, 0) is 19.0 Å². The molecule has 0 heterocycles. The first-order valence-electron chi connectivity index (χ1n) is 11.4. The lowest BCUT2D eigenvalue weighted by Gasteiger charge is -2.23. The quantitative estimate of drug-likeness (QED) is 0.397. The Balaban J connectivity index is 2.32. The molecule has 0 bridgehead atoms. The first-order valence-corrected chi connectivity index (χ1v) is 12.8. The molecule has 0 saturated heterocycles. The van der Waals surface area contributed by atoms with Crippen LogP contribution in [0.2, 0.25) is 0 Å². The van der Waals surface area contributed by atoms with E-state index >= 15 is 0 Å². The average molecular weight is 463 g/mol. The van der Waals surface area contributed by atoms with Crippen LogP contribution in [0, 0.1) is 0 Å². The number of hydrogen-bond donors (Lipinski definition) is 1. The Labute approximate surface area is 193 Å². The Hall–Kier alpha value is -1.73. The Morgan fingerprint density at radius 1 is 0.812 bits per heavy atom. The number of aliphatic hydroxyl groups is 1. The molecular weight excluding hydrogens is 424 g/mol. The summed E-state index contributed by atoms with van der Waals surface area (Å²) in [6.07, 6.45) is 0.0115. The van der Waals surface area contributed by atoms with Crippen LogP contribution in [-0.4, -0.2) is 33.3 Å². The Morgan fingerprint density at radius 3 is 1.84 bits per heavy atom. The van der Waals surface area contributed by atoms with Gasteiger partial charge in [-0.25, -0.2) is 0 Å². The van der Waals surface area contributed by atoms with Crippen molar-refractivity contribution >= 4 is 10.1 Å². The summed E-state index contributed by atoms with van der Waals surface area (Å²) < 4.78 is 38.1. The standard InChI is InChI=1S/C26H38O5S/c1-18(2)22-16-23(19(3)4)26(24(17-22)20(5)6)32(28,29)31-14-12-25(30-15-13-27)21-10-8-7-9-11-21/h7-11,16-20,25,27H,12-15H2,1-6H3. The highest BCUT2D eigenvalue weighted by Crippen LogP contribution is 2.36. The lowest BCUT2D eigenvalue weighted by molar-refractivity contribution is 0.0163. The molecule has 2 aromatic rings. The van der Waals surface area contributed by atoms with E-state index in [1.807, 2.05) is 70.2 Å². The van der Waals surface area contributed by atoms with E-state index in [2.05, 4.69) is 13.8 Å². The van der Waals surface area contributed by atoms with Crippen molar-refractivity contribution in [2.75, 3.05) is 19.8 Å². The molecule has 2 rings (SSSR count). The highest BCUT2D eigenvalue weighted by atomic mass is 32.2. The molecule has 6 heteroatoms. The summed E-state index contributed by atoms with van der Waals surface area (Å²) >= 11 is 0. The largest absolute Gasteiger partial charge is 0.394 e. The highest BCUT2D eigenvalue weighted by molar-refractivity contribution is 7.86. The number of rotatable bonds is 12. The number of aliphatic hydroxyl groups excluding tert-OH is 1. The fourth-order valence-corrected chi connectivity index (χ4v) is 5.31. The van der Waals surface area contributed by atoms with E-state index in [9.17, 15) is 8.42 Å². The first-order chi connectivity index (χ1) is 15.1. The van der Waals surface area contributed by atoms with Crippen molar-refractivity contribution in [2.45, 2.75) is 76.7 Å². The first kappa shape index (κ1) is 26.5. The summed E-state index contributed by atoms with van der Waals surface area (Å²) in [5.74, 6) is 0.395. The maximum absolute atomic E-state index is 13.4. The molecule has 178 valence electrons. The van der Waals surface area contributed by atoms with Gasteiger partial charge in [-0.3, -0.25) is 4.18 Å². The molecule has 0 aliphatic carbocycles. The Kier molecular flexibility index (Phi) is 9.89. The predicted molar refractivity (Wildman–Crippen MR) is 129 cm³/mol. The molecule has 1 atom stereocenters. The summed E-state index contributed by atoms with van der Waals surface area (Å²) in [6.45, 7) is 12.3. The minimum absolute atomic E-state index is 0.00563. The second-order valence-electron chi connectivity index (χ2n) is 9.05. The van der Waals surface area contributed by atoms with Crippen LogP contribution in [0.25, 0.3) is 0 Å². The van der Waals surface area contributed by atoms with Gasteiger partial charge in [-0.2, -0.15) is 8.42 Å². The van der Waals surface area contributed by atoms with Crippen LogP contribution in [0.5, 0.6) is 0 Å². The zero-order valence-corrected chi connectivity index (χ0v) is 21.0. The van der Waals surface area contributed by atoms with E-state index < -0.39 is 10.1 Å². The third kappa shape index (κ3) is 6.88. The van der Waals surface area contributed by atoms with Gasteiger partial charge in [-0.15, -0.1) is 0 Å². The van der Waals surface area contributed by atoms with Gasteiger partial charge in [0.25, 0.3) is 10.1 Å². The minimum atomic E-state index is -3.96. The van der Waals surface area contributed by atoms with Crippen LogP contribution in [0.1, 0.15) is 94.1 Å². The Morgan fingerprint density at radius 2 is 1.38 bits per heavy atom. The summed E-state index contributed by atoms with van der Waals surface area (Å²) in [5, 5.41) is 9.14. The maximum Gasteiger partial charge on any atom is 0.297 e. The fraction of sp³-hybridized carbons (Fsp3) is 0.538. The monoisotopic (exact) mass is 462 g/mol. The molecule has 0 fully saturated rings. The van der Waals surface area contributed by atoms with Crippen molar-refractivity contribution in [1.29, 1.82) is 0 Å². The van der Waals surface area contributed by atoms with E-state index in [-0.39, 0.29) is 37.8 Å². The van der Waals surface area contributed by atoms with Crippen molar-refractivity contribution in [3.05, 3.63) is 64.7 Å². The van der Waals surface area contributed by atoms with Crippen molar-refractivity contribution < 1.29 is 22.4 Å². The zero-order chi connectivity index (χ0) is 23.9. The smallest absolute Gasteiger partial charge is 0.297 e. The second-order valence-corrected chi connectivity index (χ2v) is 10.6. The molecule has 32 heavy (non-hydrogen) atoms. The van der Waals surface area contributed by atoms with Gasteiger partial charge in [0.2, 0.25) is 0 Å². The maximum atomic E-state index is 13.4. The van der Waals surface area contributed by atoms with Crippen LogP contribution in [0.4, 0.5) is 0 Å². The van der Waals surface area contributed by atoms with Crippen molar-refractivity contribution in [3.8, 4) is 0 Å². The Bertz CT molecular complexity index is 920. The summed E-state index contributed by atoms with van der Waals surface area (Å²) in [5.41, 5.74) is 3.67. The van der Waals surface area contributed by atoms with Gasteiger partial charge < -0.3 is 9.84 Å². The minimum Gasteiger partial charge on any atom is -0.394 e. The van der Waals surface area contributed by atoms with Crippen LogP contribution >= 0.6 is 0 Å². The van der Waals surface area contributed by atoms with Gasteiger partial charge in [0, 0.05) is 6.42 Å². The van der Waals surface area contributed by atoms with Gasteiger partial charge in [0.05, 0.1) is 25.9 Å². The molecule has 0 radical (unpaired) electrons. The molecule has 0 saturated carbocycles. The molecule has 5 nitrogen and oxygen atoms in total. The summed E-state index contributed by atoms with van der Waals surface area (Å²) in [6, 6.07) is 13.6. The third-order valence-corrected chi connectivity index (χ3v) is 6.98. The van der Waals surface area contributed by atoms with Gasteiger partial charge in [-0.05, 0) is 40.0 Å². The van der Waals surface area contributed by atoms with E-state index in [0.29, 0.717) is 17.2 Å². The van der Waals surface area contributed by atoms with E-state index in [1.54, 1.807) is 0 Å². The highest BCUT2D eigenvalue weighted by Gasteiger charge is 2.28. The number of ether oxygens (including phenoxy) is 1. The molecule has 1 unspecified atom stereocenters. The number of hydrogen-bond acceptors (Lipinski definition) is 5. The second kappa shape index (κ2) is 11.9. The van der Waals surface area contributed by atoms with E-state index in [1.165, 1.54) is 0 Å². The van der Waals surface area contributed by atoms with Gasteiger partial charge in [0.1, 0.15) is 4.90 Å². The molecule has 1 N–H and O–H groups in total. The van der Waals surface area contributed by atoms with Crippen molar-refractivity contribution in [3.63, 3.8) is 0 Å². The lowest BCUT2D eigenvalue weighted by atomic mass is 9.89. The van der Waals surface area contributed by atoms with Gasteiger partial charge >= 0.3 is 0 Å². The molecular formula is C26H38O5S. The van der Waals surface area contributed by atoms with Gasteiger partial charge in [0.15, 0.2) is 0 Å². The molecule has 0 aliphatic heterocycles. The summed E-state index contributed by atoms with van der Waals surface area (Å²) in [4.78, 5) is 0.305. The van der Waals surface area contributed by atoms with E-state index in [0.717, 1.165) is 22.3 Å². The topological polar surface area (TPSA) is 72.8 Å². The number of benzene rings is 2. The van der Waals surface area contributed by atoms with Crippen molar-refractivity contribution in [2.24, 2.45) is 0 Å². The van der Waals surface area contributed by atoms with Crippen LogP contribution in [0.3, 0.4) is 0 Å². The van der Waals surface area contributed by atoms with Crippen LogP contribution < -0.4 is 0 Å². The molecule has 0 spiro atoms. The fourth-order valence-electron chi connectivity index (χ4n) is 3.71. The van der Waals surface area contributed by atoms with Crippen LogP contribution in [0.15, 0.2) is 47.4 Å². The van der Waals surface area contributed by atoms with E-state index in [4.69, 9.17) is 14.0 Å². The zero-order valence-electron chi connectivity index (χ0n) is 20.2. The van der Waals surface area contributed by atoms with Gasteiger partial charge in [-0.1, -0.05) is 84.0 Å². The summed E-state index contributed by atoms with van der Waals surface area (Å²) in [7, 11) is -3.96. The van der Waals surface area contributed by atoms with Crippen molar-refractivity contribution in [1.82, 2.24) is 0 Å². The molecule has 0 aliphatic rings.